The van der Waals surface area contributed by atoms with Crippen LogP contribution in [-0.4, -0.2) is 19.6 Å². The van der Waals surface area contributed by atoms with Gasteiger partial charge in [0.1, 0.15) is 5.69 Å². The van der Waals surface area contributed by atoms with Crippen molar-refractivity contribution in [3.05, 3.63) is 42.6 Å². The molecule has 2 heterocycles. The second-order valence-corrected chi connectivity index (χ2v) is 4.48. The quantitative estimate of drug-likeness (QED) is 0.760. The summed E-state index contributed by atoms with van der Waals surface area (Å²) in [5.41, 5.74) is 10.5. The third-order valence-electron chi connectivity index (χ3n) is 3.16. The highest BCUT2D eigenvalue weighted by Gasteiger charge is 2.14. The maximum absolute atomic E-state index is 5.97. The largest absolute Gasteiger partial charge is 0.396 e. The van der Waals surface area contributed by atoms with Crippen molar-refractivity contribution in [2.75, 3.05) is 5.73 Å². The van der Waals surface area contributed by atoms with Crippen LogP contribution in [0.2, 0.25) is 0 Å². The molecule has 96 valence electrons. The summed E-state index contributed by atoms with van der Waals surface area (Å²) in [4.78, 5) is 0. The SMILES string of the molecule is Cn1nc(-c2ccccc2)cc1-c1c(N)cnn1C. The maximum atomic E-state index is 5.97. The number of nitrogen functional groups attached to an aromatic ring is 1. The molecule has 0 amide bonds. The second kappa shape index (κ2) is 4.28. The number of hydrogen-bond donors (Lipinski definition) is 1. The van der Waals surface area contributed by atoms with Crippen LogP contribution in [-0.2, 0) is 14.1 Å². The first kappa shape index (κ1) is 11.5. The first-order chi connectivity index (χ1) is 9.16. The minimum absolute atomic E-state index is 0.658. The summed E-state index contributed by atoms with van der Waals surface area (Å²) in [5.74, 6) is 0. The second-order valence-electron chi connectivity index (χ2n) is 4.48. The number of nitrogens with two attached hydrogens (primary N) is 1. The van der Waals surface area contributed by atoms with E-state index in [9.17, 15) is 0 Å². The van der Waals surface area contributed by atoms with Crippen LogP contribution >= 0.6 is 0 Å². The Kier molecular flexibility index (Phi) is 2.59. The van der Waals surface area contributed by atoms with E-state index >= 15 is 0 Å². The first-order valence-electron chi connectivity index (χ1n) is 6.04. The molecule has 5 nitrogen and oxygen atoms in total. The first-order valence-corrected chi connectivity index (χ1v) is 6.04. The molecule has 0 radical (unpaired) electrons. The fraction of sp³-hybridized carbons (Fsp3) is 0.143. The van der Waals surface area contributed by atoms with Crippen LogP contribution in [0.4, 0.5) is 5.69 Å². The molecular weight excluding hydrogens is 238 g/mol. The molecule has 19 heavy (non-hydrogen) atoms. The fourth-order valence-corrected chi connectivity index (χ4v) is 2.21. The van der Waals surface area contributed by atoms with E-state index in [1.165, 1.54) is 0 Å². The van der Waals surface area contributed by atoms with Gasteiger partial charge in [0.15, 0.2) is 0 Å². The topological polar surface area (TPSA) is 61.7 Å². The molecule has 1 aromatic carbocycles. The van der Waals surface area contributed by atoms with Crippen molar-refractivity contribution in [3.63, 3.8) is 0 Å². The van der Waals surface area contributed by atoms with E-state index in [4.69, 9.17) is 5.73 Å². The molecule has 3 rings (SSSR count). The van der Waals surface area contributed by atoms with Gasteiger partial charge in [-0.05, 0) is 6.07 Å². The summed E-state index contributed by atoms with van der Waals surface area (Å²) in [6.07, 6.45) is 1.66. The number of benzene rings is 1. The highest BCUT2D eigenvalue weighted by molar-refractivity contribution is 5.74. The average Bonchev–Trinajstić information content (AvgIpc) is 2.94. The Hall–Kier alpha value is -2.56. The van der Waals surface area contributed by atoms with Gasteiger partial charge in [-0.3, -0.25) is 9.36 Å². The molecule has 0 saturated heterocycles. The number of hydrogen-bond acceptors (Lipinski definition) is 3. The van der Waals surface area contributed by atoms with Gasteiger partial charge in [-0.15, -0.1) is 0 Å². The third-order valence-corrected chi connectivity index (χ3v) is 3.16. The van der Waals surface area contributed by atoms with E-state index in [1.54, 1.807) is 10.9 Å². The van der Waals surface area contributed by atoms with Crippen molar-refractivity contribution < 1.29 is 0 Å². The summed E-state index contributed by atoms with van der Waals surface area (Å²) in [6, 6.07) is 12.1. The zero-order valence-corrected chi connectivity index (χ0v) is 10.9. The van der Waals surface area contributed by atoms with Crippen molar-refractivity contribution in [1.29, 1.82) is 0 Å². The fourth-order valence-electron chi connectivity index (χ4n) is 2.21. The van der Waals surface area contributed by atoms with Crippen LogP contribution in [0.1, 0.15) is 0 Å². The van der Waals surface area contributed by atoms with Gasteiger partial charge in [0.05, 0.1) is 23.3 Å². The van der Waals surface area contributed by atoms with Gasteiger partial charge in [-0.25, -0.2) is 0 Å². The Labute approximate surface area is 111 Å². The van der Waals surface area contributed by atoms with Crippen LogP contribution in [0.5, 0.6) is 0 Å². The highest BCUT2D eigenvalue weighted by Crippen LogP contribution is 2.28. The lowest BCUT2D eigenvalue weighted by molar-refractivity contribution is 0.739. The van der Waals surface area contributed by atoms with E-state index in [1.807, 2.05) is 55.2 Å². The Morgan fingerprint density at radius 3 is 2.42 bits per heavy atom. The van der Waals surface area contributed by atoms with E-state index in [0.717, 1.165) is 22.6 Å². The standard InChI is InChI=1S/C14H15N5/c1-18-13(14-11(15)9-16-19(14)2)8-12(17-18)10-6-4-3-5-7-10/h3-9H,15H2,1-2H3. The van der Waals surface area contributed by atoms with Gasteiger partial charge >= 0.3 is 0 Å². The number of rotatable bonds is 2. The molecule has 0 atom stereocenters. The summed E-state index contributed by atoms with van der Waals surface area (Å²) in [7, 11) is 3.79. The highest BCUT2D eigenvalue weighted by atomic mass is 15.3. The molecule has 0 aliphatic heterocycles. The van der Waals surface area contributed by atoms with Gasteiger partial charge in [-0.1, -0.05) is 30.3 Å². The van der Waals surface area contributed by atoms with Crippen molar-refractivity contribution in [1.82, 2.24) is 19.6 Å². The smallest absolute Gasteiger partial charge is 0.109 e. The van der Waals surface area contributed by atoms with Crippen molar-refractivity contribution in [3.8, 4) is 22.6 Å². The van der Waals surface area contributed by atoms with Gasteiger partial charge in [0.2, 0.25) is 0 Å². The Balaban J connectivity index is 2.13. The molecule has 5 heteroatoms. The normalized spacial score (nSPS) is 10.8. The Bertz CT molecular complexity index is 689. The zero-order valence-electron chi connectivity index (χ0n) is 10.9. The van der Waals surface area contributed by atoms with Crippen LogP contribution in [0.25, 0.3) is 22.6 Å². The average molecular weight is 253 g/mol. The number of aromatic nitrogens is 4. The molecule has 0 aliphatic rings. The molecule has 3 aromatic rings. The minimum Gasteiger partial charge on any atom is -0.396 e. The number of anilines is 1. The van der Waals surface area contributed by atoms with E-state index < -0.39 is 0 Å². The van der Waals surface area contributed by atoms with Crippen molar-refractivity contribution >= 4 is 5.69 Å². The predicted molar refractivity (Wildman–Crippen MR) is 75.3 cm³/mol. The Morgan fingerprint density at radius 2 is 1.79 bits per heavy atom. The number of nitrogens with zero attached hydrogens (tertiary/aromatic N) is 4. The molecule has 0 aliphatic carbocycles. The third kappa shape index (κ3) is 1.89. The lowest BCUT2D eigenvalue weighted by Crippen LogP contribution is -2.01. The lowest BCUT2D eigenvalue weighted by Gasteiger charge is -2.03. The van der Waals surface area contributed by atoms with Gasteiger partial charge in [0, 0.05) is 19.7 Å². The summed E-state index contributed by atoms with van der Waals surface area (Å²) in [6.45, 7) is 0. The molecule has 0 saturated carbocycles. The van der Waals surface area contributed by atoms with Crippen LogP contribution < -0.4 is 5.73 Å². The molecular formula is C14H15N5. The summed E-state index contributed by atoms with van der Waals surface area (Å²) < 4.78 is 3.59. The van der Waals surface area contributed by atoms with Gasteiger partial charge < -0.3 is 5.73 Å². The van der Waals surface area contributed by atoms with Crippen molar-refractivity contribution in [2.45, 2.75) is 0 Å². The molecule has 0 fully saturated rings. The summed E-state index contributed by atoms with van der Waals surface area (Å²) in [5, 5.41) is 8.71. The van der Waals surface area contributed by atoms with E-state index in [0.29, 0.717) is 5.69 Å². The van der Waals surface area contributed by atoms with Crippen LogP contribution in [0.3, 0.4) is 0 Å². The molecule has 0 unspecified atom stereocenters. The molecule has 2 aromatic heterocycles. The lowest BCUT2D eigenvalue weighted by atomic mass is 10.1. The maximum Gasteiger partial charge on any atom is 0.109 e. The van der Waals surface area contributed by atoms with Crippen LogP contribution in [0.15, 0.2) is 42.6 Å². The molecule has 0 spiro atoms. The van der Waals surface area contributed by atoms with Crippen LogP contribution in [0, 0.1) is 0 Å². The zero-order chi connectivity index (χ0) is 13.4. The van der Waals surface area contributed by atoms with Gasteiger partial charge in [0.25, 0.3) is 0 Å². The van der Waals surface area contributed by atoms with E-state index in [2.05, 4.69) is 10.2 Å². The summed E-state index contributed by atoms with van der Waals surface area (Å²) >= 11 is 0. The Morgan fingerprint density at radius 1 is 1.05 bits per heavy atom. The molecule has 2 N–H and O–H groups in total. The monoisotopic (exact) mass is 253 g/mol. The number of aryl methyl sites for hydroxylation is 2. The predicted octanol–water partition coefficient (Wildman–Crippen LogP) is 2.07. The van der Waals surface area contributed by atoms with Crippen molar-refractivity contribution in [2.24, 2.45) is 14.1 Å². The minimum atomic E-state index is 0.658. The molecule has 0 bridgehead atoms. The van der Waals surface area contributed by atoms with Gasteiger partial charge in [-0.2, -0.15) is 10.2 Å². The van der Waals surface area contributed by atoms with E-state index in [-0.39, 0.29) is 0 Å².